The number of rotatable bonds is 5. The Morgan fingerprint density at radius 2 is 1.89 bits per heavy atom. The monoisotopic (exact) mass is 408 g/mol. The number of carbonyl (C=O) groups excluding carboxylic acids is 2. The van der Waals surface area contributed by atoms with Crippen LogP contribution in [0.15, 0.2) is 41.9 Å². The van der Waals surface area contributed by atoms with E-state index in [9.17, 15) is 22.8 Å². The summed E-state index contributed by atoms with van der Waals surface area (Å²) in [5.41, 5.74) is -0.0243. The van der Waals surface area contributed by atoms with Crippen molar-refractivity contribution >= 4 is 23.1 Å². The highest BCUT2D eigenvalue weighted by Crippen LogP contribution is 2.32. The van der Waals surface area contributed by atoms with E-state index in [1.807, 2.05) is 0 Å². The number of ketones is 1. The standard InChI is InChI=1S/C19H15F3N2O3S/c1-11-9-14(12(2)24(11)18-23-7-8-28-18)16(25)10-27-17(26)13-5-3-4-6-15(13)19(20,21)22/h3-9H,10H2,1-2H3. The number of halogens is 3. The van der Waals surface area contributed by atoms with Crippen LogP contribution in [0.4, 0.5) is 13.2 Å². The van der Waals surface area contributed by atoms with Crippen molar-refractivity contribution in [2.24, 2.45) is 0 Å². The quantitative estimate of drug-likeness (QED) is 0.457. The lowest BCUT2D eigenvalue weighted by atomic mass is 10.1. The second-order valence-corrected chi connectivity index (χ2v) is 6.85. The van der Waals surface area contributed by atoms with Crippen LogP contribution >= 0.6 is 11.3 Å². The van der Waals surface area contributed by atoms with Gasteiger partial charge in [-0.15, -0.1) is 11.3 Å². The molecule has 3 aromatic rings. The Kier molecular flexibility index (Phi) is 5.37. The highest BCUT2D eigenvalue weighted by molar-refractivity contribution is 7.12. The van der Waals surface area contributed by atoms with Gasteiger partial charge in [0.05, 0.1) is 11.1 Å². The van der Waals surface area contributed by atoms with Gasteiger partial charge >= 0.3 is 12.1 Å². The van der Waals surface area contributed by atoms with Crippen LogP contribution in [-0.4, -0.2) is 27.9 Å². The molecule has 5 nitrogen and oxygen atoms in total. The van der Waals surface area contributed by atoms with E-state index in [4.69, 9.17) is 4.74 Å². The van der Waals surface area contributed by atoms with Crippen LogP contribution in [0.2, 0.25) is 0 Å². The van der Waals surface area contributed by atoms with E-state index in [1.54, 1.807) is 36.1 Å². The third-order valence-electron chi connectivity index (χ3n) is 4.13. The topological polar surface area (TPSA) is 61.2 Å². The summed E-state index contributed by atoms with van der Waals surface area (Å²) in [6.45, 7) is 2.87. The summed E-state index contributed by atoms with van der Waals surface area (Å²) < 4.78 is 45.7. The van der Waals surface area contributed by atoms with E-state index in [-0.39, 0.29) is 0 Å². The highest BCUT2D eigenvalue weighted by atomic mass is 32.1. The molecule has 0 aliphatic rings. The van der Waals surface area contributed by atoms with Gasteiger partial charge < -0.3 is 4.74 Å². The summed E-state index contributed by atoms with van der Waals surface area (Å²) in [5, 5.41) is 2.49. The molecule has 0 aliphatic carbocycles. The highest BCUT2D eigenvalue weighted by Gasteiger charge is 2.35. The molecule has 0 radical (unpaired) electrons. The zero-order valence-electron chi connectivity index (χ0n) is 14.9. The summed E-state index contributed by atoms with van der Waals surface area (Å²) in [6.07, 6.45) is -3.06. The molecule has 0 saturated heterocycles. The van der Waals surface area contributed by atoms with Gasteiger partial charge in [0, 0.05) is 28.5 Å². The first-order chi connectivity index (χ1) is 13.2. The van der Waals surface area contributed by atoms with Crippen LogP contribution in [0.1, 0.15) is 37.7 Å². The molecule has 28 heavy (non-hydrogen) atoms. The molecule has 1 aromatic carbocycles. The largest absolute Gasteiger partial charge is 0.454 e. The Labute approximate surface area is 162 Å². The molecule has 0 N–H and O–H groups in total. The molecular weight excluding hydrogens is 393 g/mol. The minimum atomic E-state index is -4.70. The molecule has 0 spiro atoms. The first-order valence-corrected chi connectivity index (χ1v) is 9.03. The number of benzene rings is 1. The zero-order chi connectivity index (χ0) is 20.5. The summed E-state index contributed by atoms with van der Waals surface area (Å²) in [7, 11) is 0. The Morgan fingerprint density at radius 1 is 1.18 bits per heavy atom. The van der Waals surface area contributed by atoms with Gasteiger partial charge in [-0.3, -0.25) is 9.36 Å². The van der Waals surface area contributed by atoms with E-state index < -0.39 is 35.7 Å². The van der Waals surface area contributed by atoms with Crippen LogP contribution in [-0.2, 0) is 10.9 Å². The number of nitrogens with zero attached hydrogens (tertiary/aromatic N) is 2. The summed E-state index contributed by atoms with van der Waals surface area (Å²) >= 11 is 1.40. The maximum Gasteiger partial charge on any atom is 0.417 e. The average Bonchev–Trinajstić information content (AvgIpc) is 3.26. The van der Waals surface area contributed by atoms with E-state index in [2.05, 4.69) is 4.98 Å². The third kappa shape index (κ3) is 3.84. The van der Waals surface area contributed by atoms with E-state index >= 15 is 0 Å². The van der Waals surface area contributed by atoms with Crippen LogP contribution in [0, 0.1) is 13.8 Å². The van der Waals surface area contributed by atoms with Crippen LogP contribution < -0.4 is 0 Å². The number of hydrogen-bond donors (Lipinski definition) is 0. The lowest BCUT2D eigenvalue weighted by molar-refractivity contribution is -0.138. The number of aromatic nitrogens is 2. The minimum absolute atomic E-state index is 0.324. The van der Waals surface area contributed by atoms with Gasteiger partial charge in [0.2, 0.25) is 5.78 Å². The molecule has 0 amide bonds. The van der Waals surface area contributed by atoms with Gasteiger partial charge in [-0.1, -0.05) is 12.1 Å². The number of carbonyl (C=O) groups is 2. The number of aryl methyl sites for hydroxylation is 1. The minimum Gasteiger partial charge on any atom is -0.454 e. The maximum atomic E-state index is 13.0. The van der Waals surface area contributed by atoms with E-state index in [1.165, 1.54) is 23.5 Å². The molecule has 0 fully saturated rings. The summed E-state index contributed by atoms with van der Waals surface area (Å²) in [4.78, 5) is 28.8. The molecular formula is C19H15F3N2O3S. The molecule has 2 aromatic heterocycles. The predicted molar refractivity (Wildman–Crippen MR) is 97.0 cm³/mol. The van der Waals surface area contributed by atoms with Gasteiger partial charge in [-0.05, 0) is 32.0 Å². The lowest BCUT2D eigenvalue weighted by Gasteiger charge is -2.12. The number of thiazole rings is 1. The van der Waals surface area contributed by atoms with Crippen molar-refractivity contribution in [1.29, 1.82) is 0 Å². The van der Waals surface area contributed by atoms with Crippen molar-refractivity contribution in [2.45, 2.75) is 20.0 Å². The van der Waals surface area contributed by atoms with E-state index in [0.717, 1.165) is 17.8 Å². The molecule has 3 rings (SSSR count). The fourth-order valence-electron chi connectivity index (χ4n) is 2.86. The SMILES string of the molecule is Cc1cc(C(=O)COC(=O)c2ccccc2C(F)(F)F)c(C)n1-c1nccs1. The molecule has 146 valence electrons. The number of esters is 1. The second kappa shape index (κ2) is 7.59. The number of Topliss-reactive ketones (excluding diaryl/α,β-unsaturated/α-hetero) is 1. The Bertz CT molecular complexity index is 1020. The van der Waals surface area contributed by atoms with Gasteiger partial charge in [0.1, 0.15) is 0 Å². The number of hydrogen-bond acceptors (Lipinski definition) is 5. The van der Waals surface area contributed by atoms with Crippen molar-refractivity contribution in [3.8, 4) is 5.13 Å². The van der Waals surface area contributed by atoms with Crippen molar-refractivity contribution in [2.75, 3.05) is 6.61 Å². The van der Waals surface area contributed by atoms with Crippen molar-refractivity contribution in [3.63, 3.8) is 0 Å². The van der Waals surface area contributed by atoms with Crippen molar-refractivity contribution < 1.29 is 27.5 Å². The molecule has 2 heterocycles. The molecule has 9 heteroatoms. The Balaban J connectivity index is 1.77. The molecule has 0 atom stereocenters. The molecule has 0 unspecified atom stereocenters. The molecule has 0 bridgehead atoms. The fraction of sp³-hybridized carbons (Fsp3) is 0.211. The first kappa shape index (κ1) is 19.8. The number of alkyl halides is 3. The lowest BCUT2D eigenvalue weighted by Crippen LogP contribution is -2.18. The Morgan fingerprint density at radius 3 is 2.54 bits per heavy atom. The van der Waals surface area contributed by atoms with Crippen molar-refractivity contribution in [3.05, 3.63) is 70.0 Å². The van der Waals surface area contributed by atoms with Crippen LogP contribution in [0.3, 0.4) is 0 Å². The zero-order valence-corrected chi connectivity index (χ0v) is 15.7. The summed E-state index contributed by atoms with van der Waals surface area (Å²) in [6, 6.07) is 5.92. The van der Waals surface area contributed by atoms with Crippen LogP contribution in [0.5, 0.6) is 0 Å². The smallest absolute Gasteiger partial charge is 0.417 e. The van der Waals surface area contributed by atoms with Crippen molar-refractivity contribution in [1.82, 2.24) is 9.55 Å². The molecule has 0 saturated carbocycles. The third-order valence-corrected chi connectivity index (χ3v) is 4.89. The first-order valence-electron chi connectivity index (χ1n) is 8.15. The maximum absolute atomic E-state index is 13.0. The van der Waals surface area contributed by atoms with Gasteiger partial charge in [-0.2, -0.15) is 13.2 Å². The second-order valence-electron chi connectivity index (χ2n) is 5.98. The van der Waals surface area contributed by atoms with E-state index in [0.29, 0.717) is 16.4 Å². The predicted octanol–water partition coefficient (Wildman–Crippen LogP) is 4.61. The van der Waals surface area contributed by atoms with Gasteiger partial charge in [0.25, 0.3) is 0 Å². The number of ether oxygens (including phenoxy) is 1. The van der Waals surface area contributed by atoms with Gasteiger partial charge in [0.15, 0.2) is 11.7 Å². The normalized spacial score (nSPS) is 11.5. The average molecular weight is 408 g/mol. The summed E-state index contributed by atoms with van der Waals surface area (Å²) in [5.74, 6) is -1.70. The van der Waals surface area contributed by atoms with Gasteiger partial charge in [-0.25, -0.2) is 9.78 Å². The Hall–Kier alpha value is -2.94. The van der Waals surface area contributed by atoms with Crippen LogP contribution in [0.25, 0.3) is 5.13 Å². The molecule has 0 aliphatic heterocycles. The fourth-order valence-corrected chi connectivity index (χ4v) is 3.61.